The molecule has 0 saturated carbocycles. The maximum atomic E-state index is 10.9. The highest BCUT2D eigenvalue weighted by Crippen LogP contribution is 2.12. The molecule has 3 nitrogen and oxygen atoms in total. The summed E-state index contributed by atoms with van der Waals surface area (Å²) in [6.07, 6.45) is 3.13. The van der Waals surface area contributed by atoms with Crippen molar-refractivity contribution in [2.45, 2.75) is 26.7 Å². The Morgan fingerprint density at radius 2 is 2.23 bits per heavy atom. The Hall–Kier alpha value is -1.25. The van der Waals surface area contributed by atoms with Crippen molar-refractivity contribution in [3.8, 4) is 0 Å². The van der Waals surface area contributed by atoms with Gasteiger partial charge in [0, 0.05) is 11.9 Å². The van der Waals surface area contributed by atoms with E-state index >= 15 is 0 Å². The lowest BCUT2D eigenvalue weighted by Gasteiger charge is -1.99. The highest BCUT2D eigenvalue weighted by molar-refractivity contribution is 5.69. The number of carbonyl (C=O) groups is 1. The lowest BCUT2D eigenvalue weighted by molar-refractivity contribution is -0.140. The number of nitrogens with one attached hydrogen (secondary N) is 1. The van der Waals surface area contributed by atoms with Crippen molar-refractivity contribution in [1.29, 1.82) is 0 Å². The van der Waals surface area contributed by atoms with Crippen LogP contribution in [0.2, 0.25) is 0 Å². The average molecular weight is 181 g/mol. The number of H-pyrrole nitrogens is 1. The molecule has 1 heterocycles. The number of ether oxygens (including phenoxy) is 1. The number of methoxy groups -OCH3 is 1. The van der Waals surface area contributed by atoms with Crippen LogP contribution >= 0.6 is 0 Å². The van der Waals surface area contributed by atoms with Gasteiger partial charge in [0.05, 0.1) is 13.5 Å². The summed E-state index contributed by atoms with van der Waals surface area (Å²) in [4.78, 5) is 14.0. The SMILES string of the molecule is COC(=O)CCc1[nH]cc(C)c1C. The van der Waals surface area contributed by atoms with Gasteiger partial charge >= 0.3 is 5.97 Å². The molecule has 1 aromatic rings. The number of rotatable bonds is 3. The van der Waals surface area contributed by atoms with E-state index in [2.05, 4.69) is 16.6 Å². The molecule has 0 unspecified atom stereocenters. The molecule has 0 fully saturated rings. The van der Waals surface area contributed by atoms with Crippen LogP contribution in [0.25, 0.3) is 0 Å². The Kier molecular flexibility index (Phi) is 3.12. The van der Waals surface area contributed by atoms with Gasteiger partial charge in [-0.05, 0) is 31.4 Å². The van der Waals surface area contributed by atoms with Crippen molar-refractivity contribution in [2.75, 3.05) is 7.11 Å². The smallest absolute Gasteiger partial charge is 0.305 e. The van der Waals surface area contributed by atoms with Crippen LogP contribution in [0.1, 0.15) is 23.2 Å². The summed E-state index contributed by atoms with van der Waals surface area (Å²) < 4.78 is 4.57. The minimum absolute atomic E-state index is 0.161. The summed E-state index contributed by atoms with van der Waals surface area (Å²) >= 11 is 0. The number of hydrogen-bond donors (Lipinski definition) is 1. The number of esters is 1. The van der Waals surface area contributed by atoms with Gasteiger partial charge < -0.3 is 9.72 Å². The second kappa shape index (κ2) is 4.12. The van der Waals surface area contributed by atoms with E-state index in [0.717, 1.165) is 12.1 Å². The van der Waals surface area contributed by atoms with Gasteiger partial charge in [-0.15, -0.1) is 0 Å². The maximum Gasteiger partial charge on any atom is 0.305 e. The van der Waals surface area contributed by atoms with E-state index in [4.69, 9.17) is 0 Å². The van der Waals surface area contributed by atoms with E-state index in [9.17, 15) is 4.79 Å². The van der Waals surface area contributed by atoms with Gasteiger partial charge in [0.25, 0.3) is 0 Å². The molecule has 1 aromatic heterocycles. The molecule has 0 bridgehead atoms. The van der Waals surface area contributed by atoms with Gasteiger partial charge in [-0.25, -0.2) is 0 Å². The number of hydrogen-bond acceptors (Lipinski definition) is 2. The van der Waals surface area contributed by atoms with Crippen LogP contribution < -0.4 is 0 Å². The van der Waals surface area contributed by atoms with Crippen molar-refractivity contribution in [1.82, 2.24) is 4.98 Å². The molecule has 72 valence electrons. The fraction of sp³-hybridized carbons (Fsp3) is 0.500. The second-order valence-electron chi connectivity index (χ2n) is 3.15. The van der Waals surface area contributed by atoms with Gasteiger partial charge in [-0.1, -0.05) is 0 Å². The van der Waals surface area contributed by atoms with Gasteiger partial charge in [-0.2, -0.15) is 0 Å². The van der Waals surface area contributed by atoms with Crippen LogP contribution in [0.4, 0.5) is 0 Å². The van der Waals surface area contributed by atoms with E-state index in [1.165, 1.54) is 18.2 Å². The quantitative estimate of drug-likeness (QED) is 0.722. The Bertz CT molecular complexity index is 302. The van der Waals surface area contributed by atoms with Crippen LogP contribution in [0.3, 0.4) is 0 Å². The first-order valence-electron chi connectivity index (χ1n) is 4.35. The third kappa shape index (κ3) is 2.34. The summed E-state index contributed by atoms with van der Waals surface area (Å²) in [7, 11) is 1.41. The number of aryl methyl sites for hydroxylation is 2. The minimum Gasteiger partial charge on any atom is -0.469 e. The summed E-state index contributed by atoms with van der Waals surface area (Å²) in [6, 6.07) is 0. The average Bonchev–Trinajstić information content (AvgIpc) is 2.44. The van der Waals surface area contributed by atoms with Gasteiger partial charge in [0.1, 0.15) is 0 Å². The Labute approximate surface area is 78.1 Å². The lowest BCUT2D eigenvalue weighted by atomic mass is 10.1. The molecule has 0 aliphatic heterocycles. The van der Waals surface area contributed by atoms with Crippen LogP contribution in [0, 0.1) is 13.8 Å². The molecule has 0 aromatic carbocycles. The molecule has 0 aliphatic carbocycles. The second-order valence-corrected chi connectivity index (χ2v) is 3.15. The van der Waals surface area contributed by atoms with E-state index in [1.807, 2.05) is 13.1 Å². The van der Waals surface area contributed by atoms with Crippen molar-refractivity contribution < 1.29 is 9.53 Å². The Morgan fingerprint density at radius 3 is 2.69 bits per heavy atom. The topological polar surface area (TPSA) is 42.1 Å². The Morgan fingerprint density at radius 1 is 1.54 bits per heavy atom. The summed E-state index contributed by atoms with van der Waals surface area (Å²) in [5.41, 5.74) is 3.60. The highest BCUT2D eigenvalue weighted by Gasteiger charge is 2.06. The van der Waals surface area contributed by atoms with E-state index in [1.54, 1.807) is 0 Å². The molecular formula is C10H15NO2. The molecule has 0 amide bonds. The molecular weight excluding hydrogens is 166 g/mol. The Balaban J connectivity index is 2.55. The first kappa shape index (κ1) is 9.84. The number of aromatic nitrogens is 1. The van der Waals surface area contributed by atoms with Crippen molar-refractivity contribution >= 4 is 5.97 Å². The van der Waals surface area contributed by atoms with E-state index in [0.29, 0.717) is 6.42 Å². The zero-order valence-electron chi connectivity index (χ0n) is 8.31. The van der Waals surface area contributed by atoms with Crippen LogP contribution in [0.5, 0.6) is 0 Å². The number of aromatic amines is 1. The normalized spacial score (nSPS) is 10.1. The standard InChI is InChI=1S/C10H15NO2/c1-7-6-11-9(8(7)2)4-5-10(12)13-3/h6,11H,4-5H2,1-3H3. The van der Waals surface area contributed by atoms with Crippen molar-refractivity contribution in [3.63, 3.8) is 0 Å². The molecule has 13 heavy (non-hydrogen) atoms. The van der Waals surface area contributed by atoms with E-state index in [-0.39, 0.29) is 5.97 Å². The van der Waals surface area contributed by atoms with Crippen molar-refractivity contribution in [2.24, 2.45) is 0 Å². The van der Waals surface area contributed by atoms with Gasteiger partial charge in [0.2, 0.25) is 0 Å². The van der Waals surface area contributed by atoms with Crippen LogP contribution in [-0.4, -0.2) is 18.1 Å². The first-order valence-corrected chi connectivity index (χ1v) is 4.35. The zero-order chi connectivity index (χ0) is 9.84. The molecule has 0 radical (unpaired) electrons. The highest BCUT2D eigenvalue weighted by atomic mass is 16.5. The fourth-order valence-corrected chi connectivity index (χ4v) is 1.24. The summed E-state index contributed by atoms with van der Waals surface area (Å²) in [6.45, 7) is 4.10. The summed E-state index contributed by atoms with van der Waals surface area (Å²) in [5, 5.41) is 0. The zero-order valence-corrected chi connectivity index (χ0v) is 8.31. The summed E-state index contributed by atoms with van der Waals surface area (Å²) in [5.74, 6) is -0.161. The van der Waals surface area contributed by atoms with E-state index < -0.39 is 0 Å². The first-order chi connectivity index (χ1) is 6.15. The molecule has 0 spiro atoms. The number of carbonyl (C=O) groups excluding carboxylic acids is 1. The third-order valence-electron chi connectivity index (χ3n) is 2.31. The lowest BCUT2D eigenvalue weighted by Crippen LogP contribution is -2.02. The molecule has 0 aliphatic rings. The van der Waals surface area contributed by atoms with Crippen LogP contribution in [0.15, 0.2) is 6.20 Å². The third-order valence-corrected chi connectivity index (χ3v) is 2.31. The van der Waals surface area contributed by atoms with Crippen molar-refractivity contribution in [3.05, 3.63) is 23.0 Å². The molecule has 1 rings (SSSR count). The molecule has 1 N–H and O–H groups in total. The minimum atomic E-state index is -0.161. The predicted octanol–water partition coefficient (Wildman–Crippen LogP) is 1.74. The fourth-order valence-electron chi connectivity index (χ4n) is 1.24. The monoisotopic (exact) mass is 181 g/mol. The molecule has 0 atom stereocenters. The van der Waals surface area contributed by atoms with Gasteiger partial charge in [0.15, 0.2) is 0 Å². The molecule has 3 heteroatoms. The van der Waals surface area contributed by atoms with Crippen LogP contribution in [-0.2, 0) is 16.0 Å². The largest absolute Gasteiger partial charge is 0.469 e. The van der Waals surface area contributed by atoms with Gasteiger partial charge in [-0.3, -0.25) is 4.79 Å². The maximum absolute atomic E-state index is 10.9. The molecule has 0 saturated heterocycles. The predicted molar refractivity (Wildman–Crippen MR) is 50.6 cm³/mol.